The minimum Gasteiger partial charge on any atom is -0.465 e. The van der Waals surface area contributed by atoms with Crippen molar-refractivity contribution in [3.63, 3.8) is 0 Å². The summed E-state index contributed by atoms with van der Waals surface area (Å²) in [6, 6.07) is 7.07. The minimum atomic E-state index is -0.625. The lowest BCUT2D eigenvalue weighted by molar-refractivity contribution is -0.166. The number of hydrogen-bond donors (Lipinski definition) is 2. The van der Waals surface area contributed by atoms with E-state index in [0.29, 0.717) is 38.2 Å². The molecule has 30 heavy (non-hydrogen) atoms. The van der Waals surface area contributed by atoms with Gasteiger partial charge >= 0.3 is 5.97 Å². The molecule has 0 aliphatic carbocycles. The van der Waals surface area contributed by atoms with Crippen LogP contribution in [0.15, 0.2) is 36.1 Å². The van der Waals surface area contributed by atoms with Crippen molar-refractivity contribution in [2.45, 2.75) is 32.0 Å². The van der Waals surface area contributed by atoms with Crippen LogP contribution in [0.1, 0.15) is 41.6 Å². The zero-order chi connectivity index (χ0) is 21.9. The Morgan fingerprint density at radius 3 is 2.53 bits per heavy atom. The lowest BCUT2D eigenvalue weighted by Gasteiger charge is -2.37. The number of hydrogen-bond acceptors (Lipinski definition) is 7. The summed E-state index contributed by atoms with van der Waals surface area (Å²) in [6.45, 7) is 3.10. The maximum absolute atomic E-state index is 12.6. The summed E-state index contributed by atoms with van der Waals surface area (Å²) in [7, 11) is 2.90. The highest BCUT2D eigenvalue weighted by Crippen LogP contribution is 2.39. The molecule has 2 rings (SSSR count). The normalized spacial score (nSPS) is 20.8. The molecule has 2 N–H and O–H groups in total. The smallest absolute Gasteiger partial charge is 0.337 e. The molecule has 1 aliphatic rings. The number of carbonyl (C=O) groups excluding carboxylic acids is 2. The van der Waals surface area contributed by atoms with E-state index in [4.69, 9.17) is 18.9 Å². The fraction of sp³-hybridized carbons (Fsp3) is 0.545. The van der Waals surface area contributed by atoms with E-state index in [0.717, 1.165) is 5.56 Å². The largest absolute Gasteiger partial charge is 0.465 e. The van der Waals surface area contributed by atoms with E-state index < -0.39 is 12.3 Å². The van der Waals surface area contributed by atoms with Gasteiger partial charge in [-0.3, -0.25) is 4.79 Å². The molecule has 1 aromatic carbocycles. The van der Waals surface area contributed by atoms with Crippen LogP contribution in [-0.2, 0) is 23.7 Å². The van der Waals surface area contributed by atoms with Crippen LogP contribution in [0.2, 0.25) is 0 Å². The molecule has 1 aliphatic heterocycles. The number of benzene rings is 1. The summed E-state index contributed by atoms with van der Waals surface area (Å²) < 4.78 is 21.4. The molecule has 0 bridgehead atoms. The van der Waals surface area contributed by atoms with E-state index in [1.807, 2.05) is 19.1 Å². The van der Waals surface area contributed by atoms with Crippen molar-refractivity contribution < 1.29 is 33.6 Å². The average molecular weight is 421 g/mol. The maximum Gasteiger partial charge on any atom is 0.337 e. The number of ether oxygens (including phenoxy) is 4. The lowest BCUT2D eigenvalue weighted by atomic mass is 9.80. The summed E-state index contributed by atoms with van der Waals surface area (Å²) >= 11 is 0. The molecule has 0 aromatic heterocycles. The first-order chi connectivity index (χ1) is 14.5. The topological polar surface area (TPSA) is 103 Å². The molecule has 0 saturated heterocycles. The Hall–Kier alpha value is -2.42. The van der Waals surface area contributed by atoms with E-state index in [9.17, 15) is 14.7 Å². The number of nitrogens with one attached hydrogen (secondary N) is 1. The Bertz CT molecular complexity index is 717. The highest BCUT2D eigenvalue weighted by molar-refractivity contribution is 5.92. The van der Waals surface area contributed by atoms with Crippen LogP contribution in [-0.4, -0.2) is 63.9 Å². The predicted molar refractivity (Wildman–Crippen MR) is 110 cm³/mol. The quantitative estimate of drug-likeness (QED) is 0.416. The lowest BCUT2D eigenvalue weighted by Crippen LogP contribution is -2.39. The fourth-order valence-electron chi connectivity index (χ4n) is 3.46. The van der Waals surface area contributed by atoms with Crippen LogP contribution in [0.3, 0.4) is 0 Å². The molecule has 1 amide bonds. The van der Waals surface area contributed by atoms with Gasteiger partial charge in [-0.25, -0.2) is 4.79 Å². The van der Waals surface area contributed by atoms with Crippen LogP contribution in [0.25, 0.3) is 0 Å². The Morgan fingerprint density at radius 1 is 1.20 bits per heavy atom. The molecule has 1 heterocycles. The number of esters is 1. The number of amides is 1. The molecule has 0 saturated carbocycles. The van der Waals surface area contributed by atoms with Gasteiger partial charge in [-0.05, 0) is 43.5 Å². The van der Waals surface area contributed by atoms with Gasteiger partial charge in [0.15, 0.2) is 5.76 Å². The average Bonchev–Trinajstić information content (AvgIpc) is 2.77. The summed E-state index contributed by atoms with van der Waals surface area (Å²) in [4.78, 5) is 24.3. The van der Waals surface area contributed by atoms with Gasteiger partial charge in [-0.15, -0.1) is 0 Å². The van der Waals surface area contributed by atoms with Crippen molar-refractivity contribution in [1.29, 1.82) is 0 Å². The van der Waals surface area contributed by atoms with Crippen LogP contribution < -0.4 is 5.32 Å². The molecule has 0 spiro atoms. The number of methoxy groups -OCH3 is 2. The van der Waals surface area contributed by atoms with Gasteiger partial charge in [0, 0.05) is 38.7 Å². The van der Waals surface area contributed by atoms with Crippen LogP contribution in [0.4, 0.5) is 0 Å². The summed E-state index contributed by atoms with van der Waals surface area (Å²) in [5.74, 6) is -0.847. The van der Waals surface area contributed by atoms with Crippen LogP contribution in [0, 0.1) is 5.92 Å². The Morgan fingerprint density at radius 2 is 1.93 bits per heavy atom. The Kier molecular flexibility index (Phi) is 9.79. The van der Waals surface area contributed by atoms with Gasteiger partial charge in [0.1, 0.15) is 0 Å². The molecule has 0 fully saturated rings. The molecule has 166 valence electrons. The zero-order valence-corrected chi connectivity index (χ0v) is 17.8. The maximum atomic E-state index is 12.6. The predicted octanol–water partition coefficient (Wildman–Crippen LogP) is 1.98. The molecular weight excluding hydrogens is 390 g/mol. The third kappa shape index (κ3) is 6.29. The standard InChI is InChI=1S/C22H31NO7/c1-4-29-22-17(6-5-12-24)18(14-19(30-22)20(25)23-11-13-27-2)15-7-9-16(10-8-15)21(26)28-3/h7-10,14,17-18,22,24H,4-6,11-13H2,1-3H3,(H,23,25)/t17-,18-,22-/m1/s1. The van der Waals surface area contributed by atoms with Crippen LogP contribution >= 0.6 is 0 Å². The van der Waals surface area contributed by atoms with Crippen molar-refractivity contribution in [2.75, 3.05) is 40.6 Å². The van der Waals surface area contributed by atoms with Crippen molar-refractivity contribution in [3.8, 4) is 0 Å². The second-order valence-electron chi connectivity index (χ2n) is 6.89. The molecule has 8 nitrogen and oxygen atoms in total. The summed E-state index contributed by atoms with van der Waals surface area (Å²) in [6.07, 6.45) is 2.39. The number of rotatable bonds is 11. The number of aliphatic hydroxyl groups is 1. The van der Waals surface area contributed by atoms with Crippen molar-refractivity contribution in [2.24, 2.45) is 5.92 Å². The molecule has 0 unspecified atom stereocenters. The number of allylic oxidation sites excluding steroid dienone is 1. The van der Waals surface area contributed by atoms with E-state index in [1.54, 1.807) is 25.3 Å². The second-order valence-corrected chi connectivity index (χ2v) is 6.89. The van der Waals surface area contributed by atoms with Gasteiger partial charge in [0.05, 0.1) is 19.3 Å². The Labute approximate surface area is 177 Å². The van der Waals surface area contributed by atoms with E-state index in [-0.39, 0.29) is 30.1 Å². The van der Waals surface area contributed by atoms with Gasteiger partial charge in [-0.1, -0.05) is 12.1 Å². The first-order valence-electron chi connectivity index (χ1n) is 10.1. The molecule has 3 atom stereocenters. The van der Waals surface area contributed by atoms with E-state index >= 15 is 0 Å². The fourth-order valence-corrected chi connectivity index (χ4v) is 3.46. The van der Waals surface area contributed by atoms with Crippen molar-refractivity contribution >= 4 is 11.9 Å². The van der Waals surface area contributed by atoms with Crippen molar-refractivity contribution in [3.05, 3.63) is 47.2 Å². The zero-order valence-electron chi connectivity index (χ0n) is 17.8. The second kappa shape index (κ2) is 12.3. The molecule has 1 aromatic rings. The first kappa shape index (κ1) is 23.9. The van der Waals surface area contributed by atoms with E-state index in [2.05, 4.69) is 5.32 Å². The Balaban J connectivity index is 2.35. The SMILES string of the molecule is CCO[C@@H]1OC(C(=O)NCCOC)=C[C@H](c2ccc(C(=O)OC)cc2)[C@H]1CCCO. The van der Waals surface area contributed by atoms with Gasteiger partial charge in [0.2, 0.25) is 6.29 Å². The highest BCUT2D eigenvalue weighted by Gasteiger charge is 2.37. The highest BCUT2D eigenvalue weighted by atomic mass is 16.7. The summed E-state index contributed by atoms with van der Waals surface area (Å²) in [5.41, 5.74) is 1.36. The van der Waals surface area contributed by atoms with Gasteiger partial charge in [0.25, 0.3) is 5.91 Å². The van der Waals surface area contributed by atoms with E-state index in [1.165, 1.54) is 7.11 Å². The molecular formula is C22H31NO7. The number of carbonyl (C=O) groups is 2. The third-order valence-electron chi connectivity index (χ3n) is 4.94. The minimum absolute atomic E-state index is 0.0530. The monoisotopic (exact) mass is 421 g/mol. The summed E-state index contributed by atoms with van der Waals surface area (Å²) in [5, 5.41) is 12.1. The number of aliphatic hydroxyl groups excluding tert-OH is 1. The molecule has 8 heteroatoms. The van der Waals surface area contributed by atoms with Gasteiger partial charge in [-0.2, -0.15) is 0 Å². The first-order valence-corrected chi connectivity index (χ1v) is 10.1. The van der Waals surface area contributed by atoms with Crippen molar-refractivity contribution in [1.82, 2.24) is 5.32 Å². The molecule has 0 radical (unpaired) electrons. The van der Waals surface area contributed by atoms with Crippen LogP contribution in [0.5, 0.6) is 0 Å². The van der Waals surface area contributed by atoms with Gasteiger partial charge < -0.3 is 29.4 Å². The third-order valence-corrected chi connectivity index (χ3v) is 4.94.